The number of nitrogens with zero attached hydrogens (tertiary/aromatic N) is 1. The topological polar surface area (TPSA) is 175 Å². The Hall–Kier alpha value is -5.20. The van der Waals surface area contributed by atoms with Gasteiger partial charge in [0.1, 0.15) is 18.8 Å². The predicted octanol–water partition coefficient (Wildman–Crippen LogP) is 4.43. The molecule has 49 heavy (non-hydrogen) atoms. The van der Waals surface area contributed by atoms with E-state index in [2.05, 4.69) is 11.9 Å². The molecule has 2 amide bonds. The van der Waals surface area contributed by atoms with Gasteiger partial charge in [-0.25, -0.2) is 9.59 Å². The van der Waals surface area contributed by atoms with Gasteiger partial charge in [-0.15, -0.1) is 0 Å². The van der Waals surface area contributed by atoms with Crippen molar-refractivity contribution in [1.29, 1.82) is 0 Å². The molecule has 2 aromatic rings. The van der Waals surface area contributed by atoms with E-state index in [1.807, 2.05) is 12.1 Å². The minimum atomic E-state index is -1.35. The minimum absolute atomic E-state index is 0.168. The van der Waals surface area contributed by atoms with Gasteiger partial charge >= 0.3 is 17.9 Å². The molecule has 2 aromatic carbocycles. The van der Waals surface area contributed by atoms with E-state index < -0.39 is 53.1 Å². The van der Waals surface area contributed by atoms with Crippen LogP contribution in [0.15, 0.2) is 55.1 Å². The molecule has 264 valence electrons. The summed E-state index contributed by atoms with van der Waals surface area (Å²) in [7, 11) is 3.06. The Labute approximate surface area is 285 Å². The number of hydrogen-bond donors (Lipinski definition) is 2. The summed E-state index contributed by atoms with van der Waals surface area (Å²) in [6.45, 7) is 6.13. The molecule has 1 aliphatic rings. The van der Waals surface area contributed by atoms with E-state index in [0.29, 0.717) is 48.4 Å². The number of carboxylic acids is 1. The van der Waals surface area contributed by atoms with Crippen molar-refractivity contribution >= 4 is 41.2 Å². The molecule has 1 aliphatic heterocycles. The first kappa shape index (κ1) is 38.2. The molecule has 1 saturated heterocycles. The molecule has 0 radical (unpaired) electrons. The van der Waals surface area contributed by atoms with Gasteiger partial charge in [0.25, 0.3) is 5.91 Å². The van der Waals surface area contributed by atoms with Crippen LogP contribution in [-0.4, -0.2) is 78.9 Å². The molecule has 2 atom stereocenters. The number of nitrogens with one attached hydrogen (secondary N) is 1. The Morgan fingerprint density at radius 3 is 2.43 bits per heavy atom. The molecule has 0 spiro atoms. The quantitative estimate of drug-likeness (QED) is 0.137. The zero-order valence-electron chi connectivity index (χ0n) is 28.3. The Morgan fingerprint density at radius 1 is 1.02 bits per heavy atom. The Bertz CT molecular complexity index is 1550. The summed E-state index contributed by atoms with van der Waals surface area (Å²) in [6, 6.07) is 11.1. The van der Waals surface area contributed by atoms with Crippen LogP contribution in [-0.2, 0) is 44.7 Å². The number of aryl methyl sites for hydroxylation is 1. The highest BCUT2D eigenvalue weighted by Crippen LogP contribution is 2.32. The summed E-state index contributed by atoms with van der Waals surface area (Å²) in [6.07, 6.45) is 1.84. The van der Waals surface area contributed by atoms with E-state index >= 15 is 0 Å². The van der Waals surface area contributed by atoms with Crippen molar-refractivity contribution in [2.45, 2.75) is 70.9 Å². The minimum Gasteiger partial charge on any atom is -0.493 e. The maximum atomic E-state index is 13.9. The van der Waals surface area contributed by atoms with Crippen molar-refractivity contribution in [2.24, 2.45) is 5.41 Å². The highest BCUT2D eigenvalue weighted by molar-refractivity contribution is 6.38. The van der Waals surface area contributed by atoms with Gasteiger partial charge in [0.15, 0.2) is 11.5 Å². The number of methoxy groups -OCH3 is 2. The number of carbonyl (C=O) groups excluding carboxylic acids is 5. The summed E-state index contributed by atoms with van der Waals surface area (Å²) >= 11 is 0. The van der Waals surface area contributed by atoms with E-state index in [4.69, 9.17) is 24.1 Å². The highest BCUT2D eigenvalue weighted by atomic mass is 16.5. The van der Waals surface area contributed by atoms with Gasteiger partial charge in [-0.1, -0.05) is 24.8 Å². The number of benzene rings is 2. The molecule has 2 N–H and O–H groups in total. The number of ketones is 1. The Morgan fingerprint density at radius 2 is 1.76 bits per heavy atom. The number of ether oxygens (including phenoxy) is 4. The van der Waals surface area contributed by atoms with Gasteiger partial charge in [0.05, 0.1) is 26.1 Å². The second-order valence-electron chi connectivity index (χ2n) is 12.3. The van der Waals surface area contributed by atoms with Gasteiger partial charge in [-0.3, -0.25) is 19.2 Å². The fourth-order valence-corrected chi connectivity index (χ4v) is 5.32. The lowest BCUT2D eigenvalue weighted by molar-refractivity contribution is -0.165. The Balaban J connectivity index is 1.86. The van der Waals surface area contributed by atoms with Crippen LogP contribution in [0.25, 0.3) is 0 Å². The molecule has 13 heteroatoms. The molecule has 1 heterocycles. The van der Waals surface area contributed by atoms with Crippen molar-refractivity contribution in [3.8, 4) is 11.5 Å². The zero-order chi connectivity index (χ0) is 36.1. The second kappa shape index (κ2) is 17.8. The van der Waals surface area contributed by atoms with Crippen molar-refractivity contribution in [1.82, 2.24) is 4.90 Å². The first-order chi connectivity index (χ1) is 23.3. The number of anilines is 1. The maximum Gasteiger partial charge on any atom is 0.330 e. The van der Waals surface area contributed by atoms with Crippen molar-refractivity contribution in [2.75, 3.05) is 32.7 Å². The monoisotopic (exact) mass is 680 g/mol. The molecule has 0 saturated carbocycles. The maximum absolute atomic E-state index is 13.9. The van der Waals surface area contributed by atoms with Gasteiger partial charge < -0.3 is 34.3 Å². The molecule has 0 bridgehead atoms. The normalized spacial score (nSPS) is 14.9. The largest absolute Gasteiger partial charge is 0.493 e. The predicted molar refractivity (Wildman–Crippen MR) is 178 cm³/mol. The van der Waals surface area contributed by atoms with Gasteiger partial charge in [-0.2, -0.15) is 0 Å². The molecule has 1 unspecified atom stereocenters. The number of likely N-dealkylation sites (tertiary alicyclic amines) is 1. The van der Waals surface area contributed by atoms with Crippen molar-refractivity contribution in [3.63, 3.8) is 0 Å². The lowest BCUT2D eigenvalue weighted by Gasteiger charge is -2.36. The number of carboxylic acid groups (broad SMARTS) is 1. The summed E-state index contributed by atoms with van der Waals surface area (Å²) in [5, 5.41) is 11.6. The molecule has 0 aliphatic carbocycles. The first-order valence-corrected chi connectivity index (χ1v) is 16.0. The number of Topliss-reactive ketones (excluding diaryl/α,β-unsaturated/α-hetero) is 1. The van der Waals surface area contributed by atoms with E-state index in [9.17, 15) is 28.8 Å². The number of rotatable bonds is 17. The van der Waals surface area contributed by atoms with Crippen LogP contribution in [0, 0.1) is 5.41 Å². The van der Waals surface area contributed by atoms with Gasteiger partial charge in [0, 0.05) is 24.7 Å². The fraction of sp³-hybridized carbons (Fsp3) is 0.444. The average Bonchev–Trinajstić information content (AvgIpc) is 3.10. The third kappa shape index (κ3) is 10.9. The second-order valence-corrected chi connectivity index (χ2v) is 12.3. The summed E-state index contributed by atoms with van der Waals surface area (Å²) in [4.78, 5) is 76.7. The molecule has 1 fully saturated rings. The highest BCUT2D eigenvalue weighted by Gasteiger charge is 2.42. The smallest absolute Gasteiger partial charge is 0.330 e. The molecule has 0 aromatic heterocycles. The van der Waals surface area contributed by atoms with Crippen LogP contribution in [0.2, 0.25) is 0 Å². The van der Waals surface area contributed by atoms with Crippen LogP contribution in [0.1, 0.15) is 69.6 Å². The number of hydrogen-bond acceptors (Lipinski definition) is 10. The third-order valence-electron chi connectivity index (χ3n) is 8.10. The zero-order valence-corrected chi connectivity index (χ0v) is 28.3. The molecular formula is C36H44N2O11. The summed E-state index contributed by atoms with van der Waals surface area (Å²) < 4.78 is 21.9. The van der Waals surface area contributed by atoms with E-state index in [0.717, 1.165) is 11.6 Å². The molecular weight excluding hydrogens is 636 g/mol. The number of esters is 2. The number of aliphatic carboxylic acids is 1. The van der Waals surface area contributed by atoms with E-state index in [1.54, 1.807) is 30.3 Å². The summed E-state index contributed by atoms with van der Waals surface area (Å²) in [5.74, 6) is -3.58. The van der Waals surface area contributed by atoms with Crippen LogP contribution in [0.3, 0.4) is 0 Å². The van der Waals surface area contributed by atoms with Crippen molar-refractivity contribution in [3.05, 3.63) is 66.2 Å². The average molecular weight is 681 g/mol. The molecule has 13 nitrogen and oxygen atoms in total. The van der Waals surface area contributed by atoms with Crippen LogP contribution < -0.4 is 14.8 Å². The fourth-order valence-electron chi connectivity index (χ4n) is 5.32. The SMILES string of the molecule is C=CC(=O)OCC(C)(C)C(=O)C(=O)N1CCCC[C@H]1C(=O)OC(CCc1ccc(OC)c(OC)c1)c1cccc(NC(=O)CCC(=O)O)c1. The lowest BCUT2D eigenvalue weighted by atomic mass is 9.87. The van der Waals surface area contributed by atoms with E-state index in [-0.39, 0.29) is 32.4 Å². The number of amides is 2. The third-order valence-corrected chi connectivity index (χ3v) is 8.10. The van der Waals surface area contributed by atoms with Gasteiger partial charge in [-0.05, 0) is 81.3 Å². The number of carbonyl (C=O) groups is 6. The lowest BCUT2D eigenvalue weighted by Crippen LogP contribution is -2.53. The summed E-state index contributed by atoms with van der Waals surface area (Å²) in [5.41, 5.74) is 0.467. The van der Waals surface area contributed by atoms with Crippen LogP contribution >= 0.6 is 0 Å². The standard InChI is InChI=1S/C36H44N2O11/c1-6-32(42)48-22-36(2,3)33(43)34(44)38-19-8-7-12-26(38)35(45)49-27(15-13-23-14-16-28(46-4)29(20-23)47-5)24-10-9-11-25(21-24)37-30(39)17-18-31(40)41/h6,9-11,14,16,20-21,26-27H,1,7-8,12-13,15,17-19,22H2,2-5H3,(H,37,39)(H,40,41)/t26-,27?/m0/s1. The van der Waals surface area contributed by atoms with Crippen LogP contribution in [0.4, 0.5) is 5.69 Å². The number of piperidine rings is 1. The van der Waals surface area contributed by atoms with Crippen molar-refractivity contribution < 1.29 is 52.8 Å². The molecule has 3 rings (SSSR count). The Kier molecular flexibility index (Phi) is 13.9. The first-order valence-electron chi connectivity index (χ1n) is 16.0. The van der Waals surface area contributed by atoms with Crippen LogP contribution in [0.5, 0.6) is 11.5 Å². The van der Waals surface area contributed by atoms with E-state index in [1.165, 1.54) is 33.0 Å². The van der Waals surface area contributed by atoms with Gasteiger partial charge in [0.2, 0.25) is 11.7 Å².